The largest absolute Gasteiger partial charge is 0.387 e. The van der Waals surface area contributed by atoms with E-state index < -0.39 is 6.10 Å². The van der Waals surface area contributed by atoms with Crippen LogP contribution in [0.2, 0.25) is 5.02 Å². The minimum absolute atomic E-state index is 0.456. The Morgan fingerprint density at radius 2 is 2.09 bits per heavy atom. The molecule has 0 aliphatic carbocycles. The molecule has 22 heavy (non-hydrogen) atoms. The smallest absolute Gasteiger partial charge is 0.240 e. The first-order valence-electron chi connectivity index (χ1n) is 7.01. The second-order valence-corrected chi connectivity index (χ2v) is 5.55. The van der Waals surface area contributed by atoms with E-state index in [4.69, 9.17) is 20.9 Å². The number of aliphatic hydroxyl groups is 1. The molecule has 1 aromatic heterocycles. The average Bonchev–Trinajstić information content (AvgIpc) is 2.93. The monoisotopic (exact) mass is 325 g/mol. The van der Waals surface area contributed by atoms with Gasteiger partial charge in [0, 0.05) is 25.1 Å². The highest BCUT2D eigenvalue weighted by Crippen LogP contribution is 2.17. The number of likely N-dealkylation sites (N-methyl/N-ethyl adjacent to an activating group) is 1. The van der Waals surface area contributed by atoms with Crippen molar-refractivity contribution in [2.24, 2.45) is 0 Å². The van der Waals surface area contributed by atoms with Gasteiger partial charge in [0.15, 0.2) is 5.82 Å². The summed E-state index contributed by atoms with van der Waals surface area (Å²) >= 11 is 5.84. The molecule has 0 aliphatic heterocycles. The molecule has 120 valence electrons. The fourth-order valence-electron chi connectivity index (χ4n) is 2.03. The summed E-state index contributed by atoms with van der Waals surface area (Å²) in [5.74, 6) is 1.15. The number of hydrogen-bond acceptors (Lipinski definition) is 6. The molecular formula is C15H20ClN3O3. The maximum atomic E-state index is 10.2. The van der Waals surface area contributed by atoms with Gasteiger partial charge in [-0.25, -0.2) is 0 Å². The zero-order chi connectivity index (χ0) is 15.9. The minimum Gasteiger partial charge on any atom is -0.387 e. The molecule has 0 bridgehead atoms. The third kappa shape index (κ3) is 5.06. The quantitative estimate of drug-likeness (QED) is 0.801. The summed E-state index contributed by atoms with van der Waals surface area (Å²) in [7, 11) is 3.52. The molecule has 0 saturated carbocycles. The van der Waals surface area contributed by atoms with E-state index in [1.807, 2.05) is 24.1 Å². The first-order valence-corrected chi connectivity index (χ1v) is 7.38. The normalized spacial score (nSPS) is 12.8. The molecular weight excluding hydrogens is 306 g/mol. The Hall–Kier alpha value is -1.47. The zero-order valence-corrected chi connectivity index (χ0v) is 13.5. The van der Waals surface area contributed by atoms with Gasteiger partial charge in [0.2, 0.25) is 5.89 Å². The summed E-state index contributed by atoms with van der Waals surface area (Å²) in [6.45, 7) is 1.49. The highest BCUT2D eigenvalue weighted by atomic mass is 35.5. The number of aromatic nitrogens is 2. The number of hydrogen-bond donors (Lipinski definition) is 1. The van der Waals surface area contributed by atoms with E-state index in [1.165, 1.54) is 0 Å². The first kappa shape index (κ1) is 16.9. The predicted octanol–water partition coefficient (Wildman–Crippen LogP) is 2.08. The Morgan fingerprint density at radius 3 is 2.77 bits per heavy atom. The third-order valence-corrected chi connectivity index (χ3v) is 3.44. The second-order valence-electron chi connectivity index (χ2n) is 5.11. The van der Waals surface area contributed by atoms with Gasteiger partial charge in [0.05, 0.1) is 19.3 Å². The van der Waals surface area contributed by atoms with Gasteiger partial charge in [-0.1, -0.05) is 28.9 Å². The lowest BCUT2D eigenvalue weighted by Crippen LogP contribution is -2.24. The van der Waals surface area contributed by atoms with E-state index in [2.05, 4.69) is 10.1 Å². The molecule has 6 nitrogen and oxygen atoms in total. The van der Waals surface area contributed by atoms with Gasteiger partial charge in [-0.05, 0) is 24.7 Å². The summed E-state index contributed by atoms with van der Waals surface area (Å²) < 4.78 is 10.1. The van der Waals surface area contributed by atoms with Crippen molar-refractivity contribution < 1.29 is 14.4 Å². The Kier molecular flexibility index (Phi) is 6.33. The SMILES string of the molecule is COCCc1noc(CN(C)CC(O)c2ccc(Cl)cc2)n1. The molecule has 2 aromatic rings. The van der Waals surface area contributed by atoms with Crippen LogP contribution in [0.25, 0.3) is 0 Å². The number of nitrogens with zero attached hydrogens (tertiary/aromatic N) is 3. The van der Waals surface area contributed by atoms with Gasteiger partial charge in [-0.15, -0.1) is 0 Å². The number of rotatable bonds is 8. The highest BCUT2D eigenvalue weighted by Gasteiger charge is 2.14. The fraction of sp³-hybridized carbons (Fsp3) is 0.467. The summed E-state index contributed by atoms with van der Waals surface area (Å²) in [6.07, 6.45) is 0.0232. The van der Waals surface area contributed by atoms with Gasteiger partial charge in [0.1, 0.15) is 0 Å². The van der Waals surface area contributed by atoms with Crippen molar-refractivity contribution in [3.05, 3.63) is 46.6 Å². The van der Waals surface area contributed by atoms with Gasteiger partial charge < -0.3 is 14.4 Å². The van der Waals surface area contributed by atoms with Crippen molar-refractivity contribution in [3.8, 4) is 0 Å². The van der Waals surface area contributed by atoms with Crippen molar-refractivity contribution in [2.45, 2.75) is 19.1 Å². The van der Waals surface area contributed by atoms with E-state index in [9.17, 15) is 5.11 Å². The second kappa shape index (κ2) is 8.24. The van der Waals surface area contributed by atoms with Crippen molar-refractivity contribution in [1.82, 2.24) is 15.0 Å². The zero-order valence-electron chi connectivity index (χ0n) is 12.7. The van der Waals surface area contributed by atoms with Crippen molar-refractivity contribution in [2.75, 3.05) is 27.3 Å². The van der Waals surface area contributed by atoms with Gasteiger partial charge in [-0.2, -0.15) is 4.98 Å². The van der Waals surface area contributed by atoms with Crippen molar-refractivity contribution in [1.29, 1.82) is 0 Å². The molecule has 1 aromatic carbocycles. The lowest BCUT2D eigenvalue weighted by atomic mass is 10.1. The molecule has 1 atom stereocenters. The average molecular weight is 326 g/mol. The lowest BCUT2D eigenvalue weighted by molar-refractivity contribution is 0.118. The van der Waals surface area contributed by atoms with Crippen LogP contribution < -0.4 is 0 Å². The van der Waals surface area contributed by atoms with E-state index in [0.717, 1.165) is 5.56 Å². The van der Waals surface area contributed by atoms with Gasteiger partial charge in [-0.3, -0.25) is 4.90 Å². The van der Waals surface area contributed by atoms with Crippen LogP contribution in [0.5, 0.6) is 0 Å². The fourth-order valence-corrected chi connectivity index (χ4v) is 2.16. The summed E-state index contributed by atoms with van der Waals surface area (Å²) in [5.41, 5.74) is 0.822. The molecule has 0 aliphatic rings. The molecule has 7 heteroatoms. The number of aliphatic hydroxyl groups excluding tert-OH is 1. The van der Waals surface area contributed by atoms with Crippen LogP contribution in [-0.4, -0.2) is 47.5 Å². The van der Waals surface area contributed by atoms with Crippen LogP contribution in [0.15, 0.2) is 28.8 Å². The van der Waals surface area contributed by atoms with Crippen LogP contribution in [0, 0.1) is 0 Å². The lowest BCUT2D eigenvalue weighted by Gasteiger charge is -2.19. The highest BCUT2D eigenvalue weighted by molar-refractivity contribution is 6.30. The maximum absolute atomic E-state index is 10.2. The molecule has 0 spiro atoms. The summed E-state index contributed by atoms with van der Waals surface area (Å²) in [5, 5.41) is 14.7. The van der Waals surface area contributed by atoms with Gasteiger partial charge >= 0.3 is 0 Å². The Balaban J connectivity index is 1.85. The molecule has 0 fully saturated rings. The van der Waals surface area contributed by atoms with Crippen LogP contribution in [0.3, 0.4) is 0 Å². The van der Waals surface area contributed by atoms with E-state index in [1.54, 1.807) is 19.2 Å². The summed E-state index contributed by atoms with van der Waals surface area (Å²) in [4.78, 5) is 6.20. The number of halogens is 1. The van der Waals surface area contributed by atoms with Crippen molar-refractivity contribution in [3.63, 3.8) is 0 Å². The number of benzene rings is 1. The molecule has 1 N–H and O–H groups in total. The van der Waals surface area contributed by atoms with Gasteiger partial charge in [0.25, 0.3) is 0 Å². The Morgan fingerprint density at radius 1 is 1.36 bits per heavy atom. The molecule has 1 unspecified atom stereocenters. The number of ether oxygens (including phenoxy) is 1. The Bertz CT molecular complexity index is 574. The van der Waals surface area contributed by atoms with Crippen LogP contribution in [0.1, 0.15) is 23.4 Å². The maximum Gasteiger partial charge on any atom is 0.240 e. The third-order valence-electron chi connectivity index (χ3n) is 3.18. The Labute approximate surface area is 134 Å². The van der Waals surface area contributed by atoms with Crippen LogP contribution >= 0.6 is 11.6 Å². The molecule has 0 saturated heterocycles. The topological polar surface area (TPSA) is 71.6 Å². The standard InChI is InChI=1S/C15H20ClN3O3/c1-19(9-13(20)11-3-5-12(16)6-4-11)10-15-17-14(18-22-15)7-8-21-2/h3-6,13,20H,7-10H2,1-2H3. The van der Waals surface area contributed by atoms with Crippen LogP contribution in [-0.2, 0) is 17.7 Å². The molecule has 1 heterocycles. The number of methoxy groups -OCH3 is 1. The van der Waals surface area contributed by atoms with E-state index in [0.29, 0.717) is 42.9 Å². The van der Waals surface area contributed by atoms with Crippen LogP contribution in [0.4, 0.5) is 0 Å². The molecule has 2 rings (SSSR count). The van der Waals surface area contributed by atoms with Crippen molar-refractivity contribution >= 4 is 11.6 Å². The van der Waals surface area contributed by atoms with E-state index in [-0.39, 0.29) is 0 Å². The molecule has 0 radical (unpaired) electrons. The minimum atomic E-state index is -0.599. The molecule has 0 amide bonds. The van der Waals surface area contributed by atoms with E-state index >= 15 is 0 Å². The summed E-state index contributed by atoms with van der Waals surface area (Å²) in [6, 6.07) is 7.16. The predicted molar refractivity (Wildman–Crippen MR) is 82.6 cm³/mol. The first-order chi connectivity index (χ1) is 10.6.